The summed E-state index contributed by atoms with van der Waals surface area (Å²) in [5.74, 6) is 1.96. The van der Waals surface area contributed by atoms with Crippen molar-refractivity contribution in [3.63, 3.8) is 0 Å². The van der Waals surface area contributed by atoms with Crippen LogP contribution < -0.4 is 14.8 Å². The van der Waals surface area contributed by atoms with E-state index in [2.05, 4.69) is 17.0 Å². The summed E-state index contributed by atoms with van der Waals surface area (Å²) >= 11 is 0. The molecule has 1 amide bonds. The van der Waals surface area contributed by atoms with Gasteiger partial charge in [0, 0.05) is 6.20 Å². The van der Waals surface area contributed by atoms with Gasteiger partial charge in [0.15, 0.2) is 5.76 Å². The Hall–Kier alpha value is -4.26. The molecule has 0 spiro atoms. The average molecular weight is 444 g/mol. The number of carbonyl (C=O) groups is 1. The molecule has 7 heteroatoms. The summed E-state index contributed by atoms with van der Waals surface area (Å²) in [4.78, 5) is 12.6. The molecule has 0 radical (unpaired) electrons. The minimum absolute atomic E-state index is 0.202. The van der Waals surface area contributed by atoms with E-state index >= 15 is 0 Å². The molecule has 0 saturated heterocycles. The van der Waals surface area contributed by atoms with Crippen LogP contribution in [0.15, 0.2) is 90.1 Å². The number of nitrogens with zero attached hydrogens (tertiary/aromatic N) is 2. The largest absolute Gasteiger partial charge is 0.497 e. The molecule has 0 fully saturated rings. The second-order valence-corrected chi connectivity index (χ2v) is 7.39. The van der Waals surface area contributed by atoms with Crippen molar-refractivity contribution in [1.29, 1.82) is 0 Å². The Morgan fingerprint density at radius 1 is 1.18 bits per heavy atom. The van der Waals surface area contributed by atoms with Crippen molar-refractivity contribution in [2.45, 2.75) is 19.6 Å². The summed E-state index contributed by atoms with van der Waals surface area (Å²) in [6, 6.07) is 18.9. The fourth-order valence-corrected chi connectivity index (χ4v) is 3.36. The summed E-state index contributed by atoms with van der Waals surface area (Å²) in [5.41, 5.74) is 2.67. The van der Waals surface area contributed by atoms with Crippen molar-refractivity contribution in [1.82, 2.24) is 9.78 Å². The van der Waals surface area contributed by atoms with Gasteiger partial charge < -0.3 is 19.2 Å². The first-order chi connectivity index (χ1) is 16.1. The number of allylic oxidation sites excluding steroid dienone is 1. The molecule has 2 aromatic heterocycles. The molecule has 2 aromatic carbocycles. The monoisotopic (exact) mass is 443 g/mol. The molecule has 33 heavy (non-hydrogen) atoms. The van der Waals surface area contributed by atoms with Crippen LogP contribution in [0.2, 0.25) is 0 Å². The van der Waals surface area contributed by atoms with Gasteiger partial charge in [-0.15, -0.1) is 6.58 Å². The third-order valence-corrected chi connectivity index (χ3v) is 4.96. The Labute approximate surface area is 192 Å². The van der Waals surface area contributed by atoms with Crippen LogP contribution in [0.4, 0.5) is 5.69 Å². The van der Waals surface area contributed by atoms with E-state index < -0.39 is 0 Å². The summed E-state index contributed by atoms with van der Waals surface area (Å²) in [7, 11) is 1.63. The zero-order valence-electron chi connectivity index (χ0n) is 18.4. The molecule has 0 aliphatic heterocycles. The van der Waals surface area contributed by atoms with Gasteiger partial charge in [0.05, 0.1) is 25.5 Å². The Bertz CT molecular complexity index is 1240. The highest BCUT2D eigenvalue weighted by Gasteiger charge is 2.13. The van der Waals surface area contributed by atoms with Gasteiger partial charge >= 0.3 is 0 Å². The third kappa shape index (κ3) is 5.71. The first-order valence-corrected chi connectivity index (χ1v) is 10.5. The first-order valence-electron chi connectivity index (χ1n) is 10.5. The maximum atomic E-state index is 12.6. The predicted octanol–water partition coefficient (Wildman–Crippen LogP) is 5.09. The minimum atomic E-state index is -0.353. The van der Waals surface area contributed by atoms with Crippen LogP contribution >= 0.6 is 0 Å². The second-order valence-electron chi connectivity index (χ2n) is 7.39. The quantitative estimate of drug-likeness (QED) is 0.345. The van der Waals surface area contributed by atoms with Gasteiger partial charge in [-0.1, -0.05) is 36.4 Å². The van der Waals surface area contributed by atoms with Crippen molar-refractivity contribution in [2.24, 2.45) is 0 Å². The van der Waals surface area contributed by atoms with Gasteiger partial charge in [-0.05, 0) is 47.9 Å². The number of ether oxygens (including phenoxy) is 2. The summed E-state index contributed by atoms with van der Waals surface area (Å²) in [6.45, 7) is 4.55. The number of carbonyl (C=O) groups excluding carboxylic acids is 1. The Kier molecular flexibility index (Phi) is 6.90. The van der Waals surface area contributed by atoms with Crippen LogP contribution in [0.3, 0.4) is 0 Å². The van der Waals surface area contributed by atoms with Crippen molar-refractivity contribution in [3.8, 4) is 11.5 Å². The van der Waals surface area contributed by atoms with E-state index in [1.807, 2.05) is 54.6 Å². The number of benzene rings is 2. The Balaban J connectivity index is 1.34. The Morgan fingerprint density at radius 3 is 2.91 bits per heavy atom. The number of para-hydroxylation sites is 1. The molecule has 4 aromatic rings. The smallest absolute Gasteiger partial charge is 0.291 e. The highest BCUT2D eigenvalue weighted by atomic mass is 16.5. The number of aromatic nitrogens is 2. The first kappa shape index (κ1) is 22.0. The lowest BCUT2D eigenvalue weighted by atomic mass is 10.1. The Morgan fingerprint density at radius 2 is 2.06 bits per heavy atom. The average Bonchev–Trinajstić information content (AvgIpc) is 3.48. The lowest BCUT2D eigenvalue weighted by Gasteiger charge is -2.08. The van der Waals surface area contributed by atoms with E-state index in [1.165, 1.54) is 0 Å². The number of rotatable bonds is 10. The maximum Gasteiger partial charge on any atom is 0.291 e. The van der Waals surface area contributed by atoms with Crippen LogP contribution in [-0.4, -0.2) is 22.8 Å². The van der Waals surface area contributed by atoms with Gasteiger partial charge in [0.2, 0.25) is 0 Å². The van der Waals surface area contributed by atoms with Gasteiger partial charge in [-0.3, -0.25) is 9.48 Å². The number of methoxy groups -OCH3 is 1. The highest BCUT2D eigenvalue weighted by Crippen LogP contribution is 2.21. The molecule has 0 bridgehead atoms. The second kappa shape index (κ2) is 10.4. The number of hydrogen-bond acceptors (Lipinski definition) is 5. The molecule has 0 saturated carbocycles. The summed E-state index contributed by atoms with van der Waals surface area (Å²) in [6.07, 6.45) is 5.91. The molecule has 4 rings (SSSR count). The third-order valence-electron chi connectivity index (χ3n) is 4.96. The number of furan rings is 1. The van der Waals surface area contributed by atoms with Gasteiger partial charge in [-0.2, -0.15) is 5.10 Å². The van der Waals surface area contributed by atoms with Crippen LogP contribution in [-0.2, 0) is 19.6 Å². The maximum absolute atomic E-state index is 12.6. The van der Waals surface area contributed by atoms with Crippen LogP contribution in [0.1, 0.15) is 27.4 Å². The van der Waals surface area contributed by atoms with E-state index in [9.17, 15) is 4.79 Å². The lowest BCUT2D eigenvalue weighted by molar-refractivity contribution is 0.0992. The molecule has 2 heterocycles. The molecule has 0 atom stereocenters. The fourth-order valence-electron chi connectivity index (χ4n) is 3.36. The highest BCUT2D eigenvalue weighted by molar-refractivity contribution is 6.02. The molecular weight excluding hydrogens is 418 g/mol. The molecule has 1 N–H and O–H groups in total. The SMILES string of the molecule is C=CCc1ccccc1OCc1ccc(C(=O)Nc2cnn(Cc3cccc(OC)c3)c2)o1. The number of hydrogen-bond donors (Lipinski definition) is 1. The van der Waals surface area contributed by atoms with Crippen molar-refractivity contribution in [3.05, 3.63) is 108 Å². The summed E-state index contributed by atoms with van der Waals surface area (Å²) < 4.78 is 18.5. The summed E-state index contributed by atoms with van der Waals surface area (Å²) in [5, 5.41) is 7.12. The van der Waals surface area contributed by atoms with Crippen LogP contribution in [0.25, 0.3) is 0 Å². The van der Waals surface area contributed by atoms with E-state index in [0.29, 0.717) is 24.4 Å². The van der Waals surface area contributed by atoms with Crippen LogP contribution in [0.5, 0.6) is 11.5 Å². The predicted molar refractivity (Wildman–Crippen MR) is 126 cm³/mol. The van der Waals surface area contributed by atoms with Crippen molar-refractivity contribution >= 4 is 11.6 Å². The molecule has 7 nitrogen and oxygen atoms in total. The molecule has 0 aliphatic rings. The van der Waals surface area contributed by atoms with Gasteiger partial charge in [0.1, 0.15) is 23.9 Å². The number of nitrogens with one attached hydrogen (secondary N) is 1. The van der Waals surface area contributed by atoms with E-state index in [-0.39, 0.29) is 18.3 Å². The fraction of sp³-hybridized carbons (Fsp3) is 0.154. The van der Waals surface area contributed by atoms with Crippen molar-refractivity contribution in [2.75, 3.05) is 12.4 Å². The normalized spacial score (nSPS) is 10.6. The van der Waals surface area contributed by atoms with E-state index in [0.717, 1.165) is 22.6 Å². The number of anilines is 1. The zero-order valence-corrected chi connectivity index (χ0v) is 18.4. The molecule has 0 aliphatic carbocycles. The van der Waals surface area contributed by atoms with Crippen molar-refractivity contribution < 1.29 is 18.7 Å². The number of amides is 1. The van der Waals surface area contributed by atoms with Crippen LogP contribution in [0, 0.1) is 0 Å². The standard InChI is InChI=1S/C26H25N3O4/c1-3-7-20-9-4-5-11-24(20)32-18-23-12-13-25(33-23)26(30)28-21-15-27-29(17-21)16-19-8-6-10-22(14-19)31-2/h3-6,8-15,17H,1,7,16,18H2,2H3,(H,28,30). The lowest BCUT2D eigenvalue weighted by Crippen LogP contribution is -2.10. The van der Waals surface area contributed by atoms with Gasteiger partial charge in [0.25, 0.3) is 5.91 Å². The van der Waals surface area contributed by atoms with E-state index in [4.69, 9.17) is 13.9 Å². The molecule has 168 valence electrons. The zero-order chi connectivity index (χ0) is 23.0. The molecule has 0 unspecified atom stereocenters. The molecular formula is C26H25N3O4. The topological polar surface area (TPSA) is 78.5 Å². The minimum Gasteiger partial charge on any atom is -0.497 e. The van der Waals surface area contributed by atoms with E-state index in [1.54, 1.807) is 36.3 Å². The van der Waals surface area contributed by atoms with Gasteiger partial charge in [-0.25, -0.2) is 0 Å².